The van der Waals surface area contributed by atoms with E-state index in [-0.39, 0.29) is 25.7 Å². The largest absolute Gasteiger partial charge is 0.323 e. The van der Waals surface area contributed by atoms with Crippen molar-refractivity contribution in [3.05, 3.63) is 57.3 Å². The Bertz CT molecular complexity index is 905. The summed E-state index contributed by atoms with van der Waals surface area (Å²) in [4.78, 5) is 12.0. The summed E-state index contributed by atoms with van der Waals surface area (Å²) in [5.41, 5.74) is 0.189. The molecule has 0 aliphatic carbocycles. The van der Waals surface area contributed by atoms with Crippen LogP contribution in [-0.4, -0.2) is 20.4 Å². The molecule has 2 aromatic rings. The van der Waals surface area contributed by atoms with E-state index in [1.54, 1.807) is 0 Å². The second-order valence-electron chi connectivity index (χ2n) is 5.03. The van der Waals surface area contributed by atoms with Gasteiger partial charge in [-0.15, -0.1) is 0 Å². The SMILES string of the molecule is C[C@@H](NS(=O)(=O)c1ccc(F)cc1)C(=O)Nc1cc(Cl)c(Cl)cc1Cl. The summed E-state index contributed by atoms with van der Waals surface area (Å²) < 4.78 is 39.5. The van der Waals surface area contributed by atoms with Gasteiger partial charge in [0.2, 0.25) is 15.9 Å². The molecule has 0 aromatic heterocycles. The van der Waals surface area contributed by atoms with E-state index in [4.69, 9.17) is 34.8 Å². The fraction of sp³-hybridized carbons (Fsp3) is 0.133. The van der Waals surface area contributed by atoms with Gasteiger partial charge in [-0.1, -0.05) is 34.8 Å². The summed E-state index contributed by atoms with van der Waals surface area (Å²) in [6.07, 6.45) is 0. The molecule has 5 nitrogen and oxygen atoms in total. The monoisotopic (exact) mass is 424 g/mol. The van der Waals surface area contributed by atoms with E-state index < -0.39 is 27.8 Å². The Morgan fingerprint density at radius 2 is 1.60 bits per heavy atom. The smallest absolute Gasteiger partial charge is 0.242 e. The van der Waals surface area contributed by atoms with Gasteiger partial charge in [0.15, 0.2) is 0 Å². The molecular weight excluding hydrogens is 414 g/mol. The van der Waals surface area contributed by atoms with Crippen LogP contribution in [0.5, 0.6) is 0 Å². The first-order valence-electron chi connectivity index (χ1n) is 6.83. The highest BCUT2D eigenvalue weighted by Crippen LogP contribution is 2.32. The third-order valence-electron chi connectivity index (χ3n) is 3.12. The summed E-state index contributed by atoms with van der Waals surface area (Å²) in [6, 6.07) is 5.79. The molecule has 0 aliphatic heterocycles. The molecule has 134 valence electrons. The molecule has 0 saturated carbocycles. The molecule has 0 radical (unpaired) electrons. The predicted octanol–water partition coefficient (Wildman–Crippen LogP) is 4.09. The highest BCUT2D eigenvalue weighted by atomic mass is 35.5. The maximum Gasteiger partial charge on any atom is 0.242 e. The Morgan fingerprint density at radius 3 is 2.20 bits per heavy atom. The molecule has 0 heterocycles. The number of nitrogens with one attached hydrogen (secondary N) is 2. The lowest BCUT2D eigenvalue weighted by molar-refractivity contribution is -0.117. The van der Waals surface area contributed by atoms with E-state index in [0.29, 0.717) is 0 Å². The lowest BCUT2D eigenvalue weighted by Crippen LogP contribution is -2.41. The van der Waals surface area contributed by atoms with Gasteiger partial charge in [0.05, 0.1) is 31.7 Å². The number of carbonyl (C=O) groups excluding carboxylic acids is 1. The Morgan fingerprint density at radius 1 is 1.04 bits per heavy atom. The minimum Gasteiger partial charge on any atom is -0.323 e. The normalized spacial score (nSPS) is 12.7. The average Bonchev–Trinajstić information content (AvgIpc) is 2.52. The second-order valence-corrected chi connectivity index (χ2v) is 7.97. The molecule has 0 unspecified atom stereocenters. The molecule has 2 aromatic carbocycles. The lowest BCUT2D eigenvalue weighted by Gasteiger charge is -2.15. The summed E-state index contributed by atoms with van der Waals surface area (Å²) in [5.74, 6) is -1.23. The van der Waals surface area contributed by atoms with Crippen molar-refractivity contribution in [2.45, 2.75) is 17.9 Å². The van der Waals surface area contributed by atoms with Crippen LogP contribution < -0.4 is 10.0 Å². The van der Waals surface area contributed by atoms with Crippen LogP contribution in [0.4, 0.5) is 10.1 Å². The van der Waals surface area contributed by atoms with Gasteiger partial charge in [0, 0.05) is 0 Å². The predicted molar refractivity (Wildman–Crippen MR) is 96.3 cm³/mol. The molecule has 0 aliphatic rings. The highest BCUT2D eigenvalue weighted by molar-refractivity contribution is 7.89. The quantitative estimate of drug-likeness (QED) is 0.709. The van der Waals surface area contributed by atoms with E-state index >= 15 is 0 Å². The lowest BCUT2D eigenvalue weighted by atomic mass is 10.3. The molecule has 2 rings (SSSR count). The van der Waals surface area contributed by atoms with Crippen LogP contribution in [0.25, 0.3) is 0 Å². The number of hydrogen-bond donors (Lipinski definition) is 2. The van der Waals surface area contributed by atoms with Crippen molar-refractivity contribution in [2.24, 2.45) is 0 Å². The van der Waals surface area contributed by atoms with Crippen molar-refractivity contribution in [3.8, 4) is 0 Å². The van der Waals surface area contributed by atoms with Gasteiger partial charge < -0.3 is 5.32 Å². The third-order valence-corrected chi connectivity index (χ3v) is 5.71. The molecule has 1 atom stereocenters. The molecule has 2 N–H and O–H groups in total. The topological polar surface area (TPSA) is 75.3 Å². The van der Waals surface area contributed by atoms with Gasteiger partial charge in [-0.25, -0.2) is 12.8 Å². The Hall–Kier alpha value is -1.38. The van der Waals surface area contributed by atoms with E-state index in [2.05, 4.69) is 10.0 Å². The number of amides is 1. The highest BCUT2D eigenvalue weighted by Gasteiger charge is 2.23. The van der Waals surface area contributed by atoms with Crippen molar-refractivity contribution < 1.29 is 17.6 Å². The molecule has 10 heteroatoms. The van der Waals surface area contributed by atoms with Crippen molar-refractivity contribution in [1.29, 1.82) is 0 Å². The number of hydrogen-bond acceptors (Lipinski definition) is 3. The summed E-state index contributed by atoms with van der Waals surface area (Å²) >= 11 is 17.6. The molecule has 0 bridgehead atoms. The zero-order chi connectivity index (χ0) is 18.8. The molecule has 25 heavy (non-hydrogen) atoms. The number of benzene rings is 2. The fourth-order valence-electron chi connectivity index (χ4n) is 1.83. The molecule has 1 amide bonds. The van der Waals surface area contributed by atoms with E-state index in [1.165, 1.54) is 19.1 Å². The fourth-order valence-corrected chi connectivity index (χ4v) is 3.62. The zero-order valence-corrected chi connectivity index (χ0v) is 15.8. The third kappa shape index (κ3) is 5.05. The molecule has 0 spiro atoms. The van der Waals surface area contributed by atoms with Crippen LogP contribution >= 0.6 is 34.8 Å². The van der Waals surface area contributed by atoms with Gasteiger partial charge >= 0.3 is 0 Å². The van der Waals surface area contributed by atoms with Crippen LogP contribution in [0.15, 0.2) is 41.3 Å². The van der Waals surface area contributed by atoms with Crippen LogP contribution in [0.2, 0.25) is 15.1 Å². The minimum atomic E-state index is -4.00. The van der Waals surface area contributed by atoms with Crippen molar-refractivity contribution in [3.63, 3.8) is 0 Å². The Balaban J connectivity index is 2.12. The maximum atomic E-state index is 12.9. The first kappa shape index (κ1) is 19.9. The molecule has 0 saturated heterocycles. The average molecular weight is 426 g/mol. The van der Waals surface area contributed by atoms with Gasteiger partial charge in [-0.2, -0.15) is 4.72 Å². The van der Waals surface area contributed by atoms with Crippen LogP contribution in [0.1, 0.15) is 6.92 Å². The number of halogens is 4. The van der Waals surface area contributed by atoms with Crippen LogP contribution in [0, 0.1) is 5.82 Å². The van der Waals surface area contributed by atoms with Crippen LogP contribution in [-0.2, 0) is 14.8 Å². The summed E-state index contributed by atoms with van der Waals surface area (Å²) in [6.45, 7) is 1.35. The first-order chi connectivity index (χ1) is 11.6. The summed E-state index contributed by atoms with van der Waals surface area (Å²) in [5, 5.41) is 3.01. The minimum absolute atomic E-state index is 0.149. The van der Waals surface area contributed by atoms with Gasteiger partial charge in [0.25, 0.3) is 0 Å². The Kier molecular flexibility index (Phi) is 6.29. The maximum absolute atomic E-state index is 12.9. The number of carbonyl (C=O) groups is 1. The Labute approximate surface area is 159 Å². The van der Waals surface area contributed by atoms with Crippen molar-refractivity contribution in [1.82, 2.24) is 4.72 Å². The number of anilines is 1. The van der Waals surface area contributed by atoms with Crippen molar-refractivity contribution in [2.75, 3.05) is 5.32 Å². The standard InChI is InChI=1S/C15H12Cl3FN2O3S/c1-8(21-25(23,24)10-4-2-9(19)3-5-10)15(22)20-14-7-12(17)11(16)6-13(14)18/h2-8,21H,1H3,(H,20,22)/t8-/m1/s1. The zero-order valence-electron chi connectivity index (χ0n) is 12.7. The van der Waals surface area contributed by atoms with Gasteiger partial charge in [0.1, 0.15) is 5.82 Å². The van der Waals surface area contributed by atoms with Crippen LogP contribution in [0.3, 0.4) is 0 Å². The summed E-state index contributed by atoms with van der Waals surface area (Å²) in [7, 11) is -4.00. The second kappa shape index (κ2) is 7.88. The van der Waals surface area contributed by atoms with Gasteiger partial charge in [-0.05, 0) is 43.3 Å². The number of rotatable bonds is 5. The molecule has 0 fully saturated rings. The van der Waals surface area contributed by atoms with E-state index in [1.807, 2.05) is 0 Å². The van der Waals surface area contributed by atoms with Crippen molar-refractivity contribution >= 4 is 56.4 Å². The number of sulfonamides is 1. The van der Waals surface area contributed by atoms with E-state index in [0.717, 1.165) is 24.3 Å². The van der Waals surface area contributed by atoms with E-state index in [9.17, 15) is 17.6 Å². The van der Waals surface area contributed by atoms with Gasteiger partial charge in [-0.3, -0.25) is 4.79 Å². The first-order valence-corrected chi connectivity index (χ1v) is 9.45. The molecular formula is C15H12Cl3FN2O3S.